The summed E-state index contributed by atoms with van der Waals surface area (Å²) in [6.07, 6.45) is 1.22. The number of amides is 1. The number of nitriles is 1. The summed E-state index contributed by atoms with van der Waals surface area (Å²) in [4.78, 5) is 11.6. The maximum Gasteiger partial charge on any atom is 0.225 e. The third-order valence-corrected chi connectivity index (χ3v) is 3.29. The Labute approximate surface area is 111 Å². The summed E-state index contributed by atoms with van der Waals surface area (Å²) in [6, 6.07) is 8.80. The molecule has 0 aliphatic heterocycles. The molecule has 18 heavy (non-hydrogen) atoms. The molecule has 0 spiro atoms. The molecular weight excluding hydrogens is 248 g/mol. The number of carbonyl (C=O) groups is 1. The van der Waals surface area contributed by atoms with E-state index in [1.807, 2.05) is 6.07 Å². The van der Waals surface area contributed by atoms with Crippen LogP contribution in [0.5, 0.6) is 0 Å². The minimum atomic E-state index is -0.0313. The van der Waals surface area contributed by atoms with Crippen LogP contribution in [0.15, 0.2) is 24.3 Å². The molecule has 4 nitrogen and oxygen atoms in total. The Morgan fingerprint density at radius 3 is 2.67 bits per heavy atom. The highest BCUT2D eigenvalue weighted by atomic mass is 32.2. The molecule has 1 aromatic carbocycles. The highest BCUT2D eigenvalue weighted by Gasteiger charge is 2.02. The Morgan fingerprint density at radius 1 is 1.33 bits per heavy atom. The van der Waals surface area contributed by atoms with Crippen molar-refractivity contribution in [3.8, 4) is 6.07 Å². The van der Waals surface area contributed by atoms with Gasteiger partial charge in [-0.15, -0.1) is 0 Å². The summed E-state index contributed by atoms with van der Waals surface area (Å²) in [5.74, 6) is 1.60. The second-order valence-corrected chi connectivity index (χ2v) is 4.90. The minimum absolute atomic E-state index is 0.0313. The average molecular weight is 264 g/mol. The number of hydrogen-bond acceptors (Lipinski definition) is 4. The number of anilines is 1. The molecule has 1 aromatic rings. The highest BCUT2D eigenvalue weighted by Crippen LogP contribution is 2.10. The number of aliphatic hydroxyl groups is 1. The largest absolute Gasteiger partial charge is 0.396 e. The number of rotatable bonds is 7. The summed E-state index contributed by atoms with van der Waals surface area (Å²) < 4.78 is 0. The van der Waals surface area contributed by atoms with Gasteiger partial charge < -0.3 is 10.4 Å². The third-order valence-electron chi connectivity index (χ3n) is 2.22. The summed E-state index contributed by atoms with van der Waals surface area (Å²) >= 11 is 1.66. The molecule has 0 saturated heterocycles. The van der Waals surface area contributed by atoms with Crippen LogP contribution in [0, 0.1) is 11.3 Å². The van der Waals surface area contributed by atoms with E-state index in [1.54, 1.807) is 36.0 Å². The van der Waals surface area contributed by atoms with Gasteiger partial charge in [-0.25, -0.2) is 0 Å². The fourth-order valence-electron chi connectivity index (χ4n) is 1.29. The van der Waals surface area contributed by atoms with E-state index in [4.69, 9.17) is 10.4 Å². The smallest absolute Gasteiger partial charge is 0.225 e. The average Bonchev–Trinajstić information content (AvgIpc) is 2.39. The van der Waals surface area contributed by atoms with Crippen molar-refractivity contribution >= 4 is 23.4 Å². The van der Waals surface area contributed by atoms with Gasteiger partial charge in [-0.05, 0) is 36.4 Å². The van der Waals surface area contributed by atoms with E-state index in [1.165, 1.54) is 0 Å². The lowest BCUT2D eigenvalue weighted by Gasteiger charge is -2.05. The number of nitrogens with one attached hydrogen (secondary N) is 1. The number of aliphatic hydroxyl groups excluding tert-OH is 1. The van der Waals surface area contributed by atoms with Gasteiger partial charge in [0.15, 0.2) is 0 Å². The van der Waals surface area contributed by atoms with Crippen LogP contribution in [0.2, 0.25) is 0 Å². The van der Waals surface area contributed by atoms with Crippen LogP contribution in [-0.4, -0.2) is 29.1 Å². The first-order chi connectivity index (χ1) is 8.76. The molecule has 0 saturated carbocycles. The van der Waals surface area contributed by atoms with Gasteiger partial charge in [0.05, 0.1) is 11.6 Å². The topological polar surface area (TPSA) is 73.1 Å². The molecular formula is C13H16N2O2S. The van der Waals surface area contributed by atoms with Crippen molar-refractivity contribution in [2.24, 2.45) is 0 Å². The first-order valence-electron chi connectivity index (χ1n) is 5.75. The monoisotopic (exact) mass is 264 g/mol. The van der Waals surface area contributed by atoms with Crippen LogP contribution in [0.4, 0.5) is 5.69 Å². The lowest BCUT2D eigenvalue weighted by atomic mass is 10.2. The third kappa shape index (κ3) is 5.71. The summed E-state index contributed by atoms with van der Waals surface area (Å²) in [6.45, 7) is 0.199. The number of carbonyl (C=O) groups excluding carboxylic acids is 1. The Hall–Kier alpha value is -1.51. The summed E-state index contributed by atoms with van der Waals surface area (Å²) in [5, 5.41) is 20.0. The van der Waals surface area contributed by atoms with Crippen molar-refractivity contribution in [3.63, 3.8) is 0 Å². The SMILES string of the molecule is N#Cc1ccc(NC(=O)CCSCCCO)cc1. The fraction of sp³-hybridized carbons (Fsp3) is 0.385. The van der Waals surface area contributed by atoms with Crippen molar-refractivity contribution in [1.29, 1.82) is 5.26 Å². The van der Waals surface area contributed by atoms with Crippen molar-refractivity contribution < 1.29 is 9.90 Å². The van der Waals surface area contributed by atoms with Crippen LogP contribution >= 0.6 is 11.8 Å². The normalized spacial score (nSPS) is 9.78. The van der Waals surface area contributed by atoms with Crippen LogP contribution in [0.1, 0.15) is 18.4 Å². The molecule has 0 fully saturated rings. The molecule has 1 rings (SSSR count). The van der Waals surface area contributed by atoms with E-state index in [9.17, 15) is 4.79 Å². The van der Waals surface area contributed by atoms with Crippen molar-refractivity contribution in [2.75, 3.05) is 23.4 Å². The lowest BCUT2D eigenvalue weighted by molar-refractivity contribution is -0.115. The molecule has 96 valence electrons. The second kappa shape index (κ2) is 8.56. The summed E-state index contributed by atoms with van der Waals surface area (Å²) in [5.41, 5.74) is 1.28. The van der Waals surface area contributed by atoms with E-state index < -0.39 is 0 Å². The molecule has 2 N–H and O–H groups in total. The van der Waals surface area contributed by atoms with Crippen molar-refractivity contribution in [1.82, 2.24) is 0 Å². The molecule has 0 heterocycles. The van der Waals surface area contributed by atoms with Gasteiger partial charge >= 0.3 is 0 Å². The standard InChI is InChI=1S/C13H16N2O2S/c14-10-11-2-4-12(5-3-11)15-13(17)6-9-18-8-1-7-16/h2-5,16H,1,6-9H2,(H,15,17). The van der Waals surface area contributed by atoms with Gasteiger partial charge in [-0.1, -0.05) is 0 Å². The number of thioether (sulfide) groups is 1. The van der Waals surface area contributed by atoms with Crippen LogP contribution in [-0.2, 0) is 4.79 Å². The Balaban J connectivity index is 2.25. The molecule has 0 atom stereocenters. The van der Waals surface area contributed by atoms with E-state index in [2.05, 4.69) is 5.32 Å². The number of hydrogen-bond donors (Lipinski definition) is 2. The van der Waals surface area contributed by atoms with Crippen molar-refractivity contribution in [2.45, 2.75) is 12.8 Å². The van der Waals surface area contributed by atoms with Gasteiger partial charge in [0.2, 0.25) is 5.91 Å². The molecule has 0 aliphatic rings. The van der Waals surface area contributed by atoms with Gasteiger partial charge in [0, 0.05) is 24.5 Å². The Morgan fingerprint density at radius 2 is 2.06 bits per heavy atom. The molecule has 1 amide bonds. The maximum atomic E-state index is 11.6. The lowest BCUT2D eigenvalue weighted by Crippen LogP contribution is -2.12. The Bertz CT molecular complexity index is 412. The Kier molecular flexibility index (Phi) is 6.92. The highest BCUT2D eigenvalue weighted by molar-refractivity contribution is 7.99. The van der Waals surface area contributed by atoms with Gasteiger partial charge in [0.25, 0.3) is 0 Å². The predicted octanol–water partition coefficient (Wildman–Crippen LogP) is 2.00. The fourth-order valence-corrected chi connectivity index (χ4v) is 2.15. The van der Waals surface area contributed by atoms with Crippen LogP contribution in [0.25, 0.3) is 0 Å². The first-order valence-corrected chi connectivity index (χ1v) is 6.90. The molecule has 0 radical (unpaired) electrons. The van der Waals surface area contributed by atoms with Gasteiger partial charge in [-0.2, -0.15) is 17.0 Å². The molecule has 0 aromatic heterocycles. The number of nitrogens with zero attached hydrogens (tertiary/aromatic N) is 1. The van der Waals surface area contributed by atoms with Gasteiger partial charge in [0.1, 0.15) is 0 Å². The van der Waals surface area contributed by atoms with Gasteiger partial charge in [-0.3, -0.25) is 4.79 Å². The first kappa shape index (κ1) is 14.6. The van der Waals surface area contributed by atoms with E-state index >= 15 is 0 Å². The molecule has 0 aliphatic carbocycles. The predicted molar refractivity (Wildman–Crippen MR) is 73.4 cm³/mol. The number of benzene rings is 1. The molecule has 0 bridgehead atoms. The van der Waals surface area contributed by atoms with Crippen LogP contribution in [0.3, 0.4) is 0 Å². The van der Waals surface area contributed by atoms with Crippen LogP contribution < -0.4 is 5.32 Å². The van der Waals surface area contributed by atoms with E-state index in [-0.39, 0.29) is 12.5 Å². The zero-order valence-corrected chi connectivity index (χ0v) is 10.9. The zero-order valence-electron chi connectivity index (χ0n) is 10.1. The van der Waals surface area contributed by atoms with Crippen molar-refractivity contribution in [3.05, 3.63) is 29.8 Å². The molecule has 0 unspecified atom stereocenters. The van der Waals surface area contributed by atoms with E-state index in [0.29, 0.717) is 17.7 Å². The maximum absolute atomic E-state index is 11.6. The minimum Gasteiger partial charge on any atom is -0.396 e. The molecule has 5 heteroatoms. The second-order valence-electron chi connectivity index (χ2n) is 3.68. The van der Waals surface area contributed by atoms with E-state index in [0.717, 1.165) is 17.9 Å². The zero-order chi connectivity index (χ0) is 13.2. The quantitative estimate of drug-likeness (QED) is 0.739. The summed E-state index contributed by atoms with van der Waals surface area (Å²) in [7, 11) is 0.